The fraction of sp³-hybridized carbons (Fsp3) is 0.692. The van der Waals surface area contributed by atoms with E-state index in [0.29, 0.717) is 19.6 Å². The summed E-state index contributed by atoms with van der Waals surface area (Å²) < 4.78 is 27.0. The van der Waals surface area contributed by atoms with Crippen LogP contribution in [0.1, 0.15) is 10.7 Å². The molecular formula is C13H20N4O3S2. The number of hydrogen-bond donors (Lipinski definition) is 0. The van der Waals surface area contributed by atoms with Crippen LogP contribution in [0.15, 0.2) is 5.38 Å². The van der Waals surface area contributed by atoms with Gasteiger partial charge in [0.05, 0.1) is 23.2 Å². The zero-order valence-electron chi connectivity index (χ0n) is 12.9. The van der Waals surface area contributed by atoms with Crippen molar-refractivity contribution in [2.24, 2.45) is 11.8 Å². The monoisotopic (exact) mass is 344 g/mol. The molecule has 1 aromatic heterocycles. The molecule has 0 N–H and O–H groups in total. The van der Waals surface area contributed by atoms with Gasteiger partial charge in [-0.1, -0.05) is 0 Å². The minimum Gasteiger partial charge on any atom is -0.336 e. The van der Waals surface area contributed by atoms with E-state index in [4.69, 9.17) is 0 Å². The Hall–Kier alpha value is -1.03. The number of thiazole rings is 1. The molecule has 0 aliphatic carbocycles. The van der Waals surface area contributed by atoms with Crippen LogP contribution in [-0.4, -0.2) is 66.5 Å². The van der Waals surface area contributed by atoms with Gasteiger partial charge in [-0.05, 0) is 6.92 Å². The van der Waals surface area contributed by atoms with Crippen LogP contribution in [0.2, 0.25) is 0 Å². The molecule has 0 radical (unpaired) electrons. The largest absolute Gasteiger partial charge is 0.336 e. The molecule has 0 saturated carbocycles. The van der Waals surface area contributed by atoms with E-state index in [9.17, 15) is 13.2 Å². The number of carbonyl (C=O) groups excluding carboxylic acids is 1. The molecule has 0 aromatic carbocycles. The Kier molecular flexibility index (Phi) is 4.00. The molecule has 3 heterocycles. The van der Waals surface area contributed by atoms with E-state index < -0.39 is 10.2 Å². The SMILES string of the molecule is Cc1nc(CN2C[C@@H]3CN(S(=O)(=O)N(C)C)C[C@@H]3C2=O)cs1. The quantitative estimate of drug-likeness (QED) is 0.779. The van der Waals surface area contributed by atoms with Crippen molar-refractivity contribution in [2.75, 3.05) is 33.7 Å². The first-order valence-corrected chi connectivity index (χ1v) is 9.44. The predicted molar refractivity (Wildman–Crippen MR) is 83.4 cm³/mol. The van der Waals surface area contributed by atoms with Crippen LogP contribution in [0.5, 0.6) is 0 Å². The van der Waals surface area contributed by atoms with Crippen molar-refractivity contribution in [1.82, 2.24) is 18.5 Å². The smallest absolute Gasteiger partial charge is 0.281 e. The highest BCUT2D eigenvalue weighted by Gasteiger charge is 2.49. The van der Waals surface area contributed by atoms with E-state index in [1.165, 1.54) is 22.7 Å². The number of carbonyl (C=O) groups is 1. The van der Waals surface area contributed by atoms with Gasteiger partial charge in [0.25, 0.3) is 10.2 Å². The summed E-state index contributed by atoms with van der Waals surface area (Å²) in [5, 5.41) is 2.96. The van der Waals surface area contributed by atoms with Crippen LogP contribution in [0.25, 0.3) is 0 Å². The minimum atomic E-state index is -3.43. The molecule has 2 aliphatic rings. The number of aromatic nitrogens is 1. The Bertz CT molecular complexity index is 685. The molecule has 1 amide bonds. The predicted octanol–water partition coefficient (Wildman–Crippen LogP) is 0.148. The molecule has 9 heteroatoms. The minimum absolute atomic E-state index is 0.0482. The summed E-state index contributed by atoms with van der Waals surface area (Å²) in [7, 11) is -0.398. The Balaban J connectivity index is 1.68. The second-order valence-corrected chi connectivity index (χ2v) is 9.25. The van der Waals surface area contributed by atoms with Crippen LogP contribution in [0, 0.1) is 18.8 Å². The Morgan fingerprint density at radius 1 is 1.36 bits per heavy atom. The number of likely N-dealkylation sites (tertiary alicyclic amines) is 1. The van der Waals surface area contributed by atoms with Gasteiger partial charge in [-0.25, -0.2) is 4.98 Å². The van der Waals surface area contributed by atoms with Crippen LogP contribution >= 0.6 is 11.3 Å². The Labute approximate surface area is 134 Å². The Morgan fingerprint density at radius 2 is 2.09 bits per heavy atom. The van der Waals surface area contributed by atoms with Gasteiger partial charge < -0.3 is 4.90 Å². The molecule has 122 valence electrons. The van der Waals surface area contributed by atoms with E-state index in [1.807, 2.05) is 17.2 Å². The number of fused-ring (bicyclic) bond motifs is 1. The fourth-order valence-corrected chi connectivity index (χ4v) is 4.94. The zero-order chi connectivity index (χ0) is 16.1. The van der Waals surface area contributed by atoms with Gasteiger partial charge in [-0.2, -0.15) is 17.0 Å². The lowest BCUT2D eigenvalue weighted by Crippen LogP contribution is -2.41. The maximum atomic E-state index is 12.5. The van der Waals surface area contributed by atoms with Gasteiger partial charge in [0.2, 0.25) is 5.91 Å². The van der Waals surface area contributed by atoms with Crippen molar-refractivity contribution in [3.63, 3.8) is 0 Å². The highest BCUT2D eigenvalue weighted by molar-refractivity contribution is 7.86. The van der Waals surface area contributed by atoms with Crippen LogP contribution < -0.4 is 0 Å². The van der Waals surface area contributed by atoms with E-state index in [0.717, 1.165) is 10.7 Å². The third kappa shape index (κ3) is 2.66. The summed E-state index contributed by atoms with van der Waals surface area (Å²) in [5.74, 6) is -0.0801. The van der Waals surface area contributed by atoms with E-state index in [1.54, 1.807) is 11.3 Å². The molecule has 2 aliphatic heterocycles. The maximum absolute atomic E-state index is 12.5. The highest BCUT2D eigenvalue weighted by Crippen LogP contribution is 2.34. The van der Waals surface area contributed by atoms with Crippen molar-refractivity contribution >= 4 is 27.5 Å². The standard InChI is InChI=1S/C13H20N4O3S2/c1-9-14-11(8-21-9)6-16-4-10-5-17(7-12(10)13(16)18)22(19,20)15(2)3/h8,10,12H,4-7H2,1-3H3/t10-,12+/m1/s1. The average molecular weight is 344 g/mol. The Morgan fingerprint density at radius 3 is 2.64 bits per heavy atom. The van der Waals surface area contributed by atoms with Crippen LogP contribution in [-0.2, 0) is 21.5 Å². The van der Waals surface area contributed by atoms with Gasteiger partial charge in [-0.3, -0.25) is 4.79 Å². The van der Waals surface area contributed by atoms with E-state index >= 15 is 0 Å². The summed E-state index contributed by atoms with van der Waals surface area (Å²) in [4.78, 5) is 18.7. The molecule has 0 unspecified atom stereocenters. The van der Waals surface area contributed by atoms with Gasteiger partial charge >= 0.3 is 0 Å². The maximum Gasteiger partial charge on any atom is 0.281 e. The highest BCUT2D eigenvalue weighted by atomic mass is 32.2. The van der Waals surface area contributed by atoms with Crippen LogP contribution in [0.4, 0.5) is 0 Å². The number of nitrogens with zero attached hydrogens (tertiary/aromatic N) is 4. The zero-order valence-corrected chi connectivity index (χ0v) is 14.5. The molecule has 3 rings (SSSR count). The van der Waals surface area contributed by atoms with Gasteiger partial charge in [0.1, 0.15) is 0 Å². The lowest BCUT2D eigenvalue weighted by atomic mass is 10.0. The second kappa shape index (κ2) is 5.55. The third-order valence-electron chi connectivity index (χ3n) is 4.30. The van der Waals surface area contributed by atoms with Gasteiger partial charge in [0.15, 0.2) is 0 Å². The lowest BCUT2D eigenvalue weighted by molar-refractivity contribution is -0.131. The van der Waals surface area contributed by atoms with Crippen molar-refractivity contribution < 1.29 is 13.2 Å². The first kappa shape index (κ1) is 15.9. The molecule has 0 spiro atoms. The van der Waals surface area contributed by atoms with Gasteiger partial charge in [-0.15, -0.1) is 11.3 Å². The third-order valence-corrected chi connectivity index (χ3v) is 6.99. The summed E-state index contributed by atoms with van der Waals surface area (Å²) in [6.45, 7) is 3.79. The molecule has 2 fully saturated rings. The first-order valence-electron chi connectivity index (χ1n) is 7.16. The molecule has 7 nitrogen and oxygen atoms in total. The van der Waals surface area contributed by atoms with Crippen molar-refractivity contribution in [3.05, 3.63) is 16.1 Å². The van der Waals surface area contributed by atoms with Crippen molar-refractivity contribution in [3.8, 4) is 0 Å². The number of aryl methyl sites for hydroxylation is 1. The van der Waals surface area contributed by atoms with Gasteiger partial charge in [0, 0.05) is 45.0 Å². The summed E-state index contributed by atoms with van der Waals surface area (Å²) >= 11 is 1.58. The number of amides is 1. The first-order chi connectivity index (χ1) is 10.3. The van der Waals surface area contributed by atoms with E-state index in [-0.39, 0.29) is 24.3 Å². The molecule has 22 heavy (non-hydrogen) atoms. The van der Waals surface area contributed by atoms with E-state index in [2.05, 4.69) is 4.98 Å². The summed E-state index contributed by atoms with van der Waals surface area (Å²) in [6.07, 6.45) is 0. The summed E-state index contributed by atoms with van der Waals surface area (Å²) in [5.41, 5.74) is 0.911. The lowest BCUT2D eigenvalue weighted by Gasteiger charge is -2.23. The molecule has 2 saturated heterocycles. The average Bonchev–Trinajstić information content (AvgIpc) is 3.09. The number of hydrogen-bond acceptors (Lipinski definition) is 5. The van der Waals surface area contributed by atoms with Crippen molar-refractivity contribution in [2.45, 2.75) is 13.5 Å². The second-order valence-electron chi connectivity index (χ2n) is 6.05. The topological polar surface area (TPSA) is 73.8 Å². The number of rotatable bonds is 4. The normalized spacial score (nSPS) is 26.2. The molecule has 1 aromatic rings. The fourth-order valence-electron chi connectivity index (χ4n) is 3.14. The molecular weight excluding hydrogens is 324 g/mol. The van der Waals surface area contributed by atoms with Crippen LogP contribution in [0.3, 0.4) is 0 Å². The summed E-state index contributed by atoms with van der Waals surface area (Å²) in [6, 6.07) is 0. The molecule has 2 atom stereocenters. The van der Waals surface area contributed by atoms with Crippen molar-refractivity contribution in [1.29, 1.82) is 0 Å². The molecule has 0 bridgehead atoms.